The second-order valence-electron chi connectivity index (χ2n) is 9.34. The molecule has 13 heteroatoms. The number of hydrogen-bond donors (Lipinski definition) is 3. The van der Waals surface area contributed by atoms with Gasteiger partial charge in [0, 0.05) is 31.3 Å². The predicted octanol–water partition coefficient (Wildman–Crippen LogP) is 4.12. The number of rotatable bonds is 4. The van der Waals surface area contributed by atoms with Gasteiger partial charge in [-0.2, -0.15) is 13.2 Å². The normalized spacial score (nSPS) is 16.6. The third-order valence-electron chi connectivity index (χ3n) is 5.49. The molecule has 3 aromatic heterocycles. The van der Waals surface area contributed by atoms with Gasteiger partial charge in [0.1, 0.15) is 16.9 Å². The standard InChI is InChI=1S/C23H26F3N7O3/c1-22(2,3)36-21(35)33(13-5-4-6-27-9-13)18-14(23(24,25)26)10-30-19-17(18)15(12-31-19)32-20(34)16-11-28-7-8-29-16/h7-8,10-13,27H,4-6,9H2,1-3H3,(H,30,31)(H,32,34)/t13-/m1/s1. The van der Waals surface area contributed by atoms with Gasteiger partial charge in [0.25, 0.3) is 5.91 Å². The van der Waals surface area contributed by atoms with Gasteiger partial charge in [0.2, 0.25) is 0 Å². The fourth-order valence-corrected chi connectivity index (χ4v) is 4.03. The molecule has 0 spiro atoms. The monoisotopic (exact) mass is 505 g/mol. The van der Waals surface area contributed by atoms with Gasteiger partial charge in [-0.3, -0.25) is 14.7 Å². The minimum Gasteiger partial charge on any atom is -0.443 e. The summed E-state index contributed by atoms with van der Waals surface area (Å²) in [6, 6.07) is -0.626. The number of nitrogens with zero attached hydrogens (tertiary/aromatic N) is 4. The lowest BCUT2D eigenvalue weighted by atomic mass is 10.0. The number of halogens is 3. The van der Waals surface area contributed by atoms with E-state index in [0.29, 0.717) is 25.6 Å². The van der Waals surface area contributed by atoms with Crippen LogP contribution in [0.3, 0.4) is 0 Å². The van der Waals surface area contributed by atoms with Gasteiger partial charge in [0.15, 0.2) is 0 Å². The third kappa shape index (κ3) is 5.40. The highest BCUT2D eigenvalue weighted by molar-refractivity contribution is 6.13. The predicted molar refractivity (Wildman–Crippen MR) is 126 cm³/mol. The molecule has 3 aromatic rings. The number of H-pyrrole nitrogens is 1. The van der Waals surface area contributed by atoms with Gasteiger partial charge in [-0.05, 0) is 40.2 Å². The molecule has 0 radical (unpaired) electrons. The number of carbonyl (C=O) groups excluding carboxylic acids is 2. The number of carbonyl (C=O) groups is 2. The van der Waals surface area contributed by atoms with Gasteiger partial charge in [0.05, 0.1) is 34.6 Å². The zero-order valence-corrected chi connectivity index (χ0v) is 19.9. The summed E-state index contributed by atoms with van der Waals surface area (Å²) in [5, 5.41) is 5.63. The molecule has 10 nitrogen and oxygen atoms in total. The zero-order valence-electron chi connectivity index (χ0n) is 19.9. The highest BCUT2D eigenvalue weighted by atomic mass is 19.4. The summed E-state index contributed by atoms with van der Waals surface area (Å²) in [5.41, 5.74) is -2.49. The number of ether oxygens (including phenoxy) is 1. The van der Waals surface area contributed by atoms with Crippen molar-refractivity contribution in [2.75, 3.05) is 23.3 Å². The number of amides is 2. The molecule has 0 unspecified atom stereocenters. The van der Waals surface area contributed by atoms with Crippen LogP contribution in [0, 0.1) is 0 Å². The van der Waals surface area contributed by atoms with Crippen molar-refractivity contribution < 1.29 is 27.5 Å². The van der Waals surface area contributed by atoms with E-state index in [-0.39, 0.29) is 29.0 Å². The Bertz CT molecular complexity index is 1250. The molecule has 4 heterocycles. The molecule has 1 fully saturated rings. The van der Waals surface area contributed by atoms with Crippen molar-refractivity contribution in [2.45, 2.75) is 51.4 Å². The quantitative estimate of drug-likeness (QED) is 0.487. The SMILES string of the molecule is CC(C)(C)OC(=O)N(c1c(C(F)(F)F)cnc2[nH]cc(NC(=O)c3cnccn3)c12)[C@@H]1CCCNC1. The molecule has 0 saturated carbocycles. The molecule has 2 amide bonds. The van der Waals surface area contributed by atoms with Gasteiger partial charge >= 0.3 is 12.3 Å². The van der Waals surface area contributed by atoms with E-state index in [4.69, 9.17) is 4.74 Å². The number of fused-ring (bicyclic) bond motifs is 1. The minimum absolute atomic E-state index is 0.00609. The van der Waals surface area contributed by atoms with E-state index >= 15 is 0 Å². The van der Waals surface area contributed by atoms with E-state index in [9.17, 15) is 22.8 Å². The molecule has 1 aliphatic rings. The lowest BCUT2D eigenvalue weighted by Gasteiger charge is -2.37. The van der Waals surface area contributed by atoms with E-state index in [2.05, 4.69) is 30.6 Å². The first-order valence-corrected chi connectivity index (χ1v) is 11.3. The first kappa shape index (κ1) is 25.4. The molecule has 4 rings (SSSR count). The molecule has 36 heavy (non-hydrogen) atoms. The van der Waals surface area contributed by atoms with Gasteiger partial charge in [-0.25, -0.2) is 14.8 Å². The smallest absolute Gasteiger partial charge is 0.419 e. The van der Waals surface area contributed by atoms with Crippen LogP contribution >= 0.6 is 0 Å². The van der Waals surface area contributed by atoms with E-state index < -0.39 is 41.1 Å². The molecular weight excluding hydrogens is 479 g/mol. The van der Waals surface area contributed by atoms with Crippen LogP contribution in [0.1, 0.15) is 49.7 Å². The molecule has 192 valence electrons. The summed E-state index contributed by atoms with van der Waals surface area (Å²) in [7, 11) is 0. The molecule has 1 saturated heterocycles. The second kappa shape index (κ2) is 9.72. The van der Waals surface area contributed by atoms with Crippen LogP contribution in [-0.2, 0) is 10.9 Å². The Balaban J connectivity index is 1.91. The number of aromatic nitrogens is 4. The topological polar surface area (TPSA) is 125 Å². The number of piperidine rings is 1. The number of alkyl halides is 3. The fraction of sp³-hybridized carbons (Fsp3) is 0.435. The Kier molecular flexibility index (Phi) is 6.85. The maximum absolute atomic E-state index is 14.3. The van der Waals surface area contributed by atoms with Gasteiger partial charge in [-0.1, -0.05) is 0 Å². The Labute approximate surface area is 204 Å². The van der Waals surface area contributed by atoms with Crippen LogP contribution in [-0.4, -0.2) is 56.7 Å². The van der Waals surface area contributed by atoms with Crippen molar-refractivity contribution in [3.63, 3.8) is 0 Å². The van der Waals surface area contributed by atoms with Crippen molar-refractivity contribution in [1.82, 2.24) is 25.3 Å². The van der Waals surface area contributed by atoms with Crippen LogP contribution in [0.2, 0.25) is 0 Å². The van der Waals surface area contributed by atoms with Gasteiger partial charge in [-0.15, -0.1) is 0 Å². The van der Waals surface area contributed by atoms with Crippen molar-refractivity contribution in [3.05, 3.63) is 42.2 Å². The van der Waals surface area contributed by atoms with Crippen LogP contribution in [0.15, 0.2) is 31.0 Å². The van der Waals surface area contributed by atoms with E-state index in [1.165, 1.54) is 24.8 Å². The number of nitrogens with one attached hydrogen (secondary N) is 3. The lowest BCUT2D eigenvalue weighted by molar-refractivity contribution is -0.137. The van der Waals surface area contributed by atoms with Crippen LogP contribution in [0.4, 0.5) is 29.3 Å². The Hall–Kier alpha value is -3.74. The molecule has 1 atom stereocenters. The number of anilines is 2. The van der Waals surface area contributed by atoms with Crippen molar-refractivity contribution >= 4 is 34.4 Å². The summed E-state index contributed by atoms with van der Waals surface area (Å²) in [4.78, 5) is 41.7. The first-order chi connectivity index (χ1) is 17.0. The van der Waals surface area contributed by atoms with Crippen molar-refractivity contribution in [2.24, 2.45) is 0 Å². The van der Waals surface area contributed by atoms with Crippen molar-refractivity contribution in [3.8, 4) is 0 Å². The number of hydrogen-bond acceptors (Lipinski definition) is 7. The third-order valence-corrected chi connectivity index (χ3v) is 5.49. The van der Waals surface area contributed by atoms with Crippen molar-refractivity contribution in [1.29, 1.82) is 0 Å². The van der Waals surface area contributed by atoms with Crippen LogP contribution in [0.25, 0.3) is 11.0 Å². The molecule has 3 N–H and O–H groups in total. The summed E-state index contributed by atoms with van der Waals surface area (Å²) in [6.07, 6.45) is 1.27. The minimum atomic E-state index is -4.84. The fourth-order valence-electron chi connectivity index (χ4n) is 4.03. The van der Waals surface area contributed by atoms with Crippen LogP contribution in [0.5, 0.6) is 0 Å². The average Bonchev–Trinajstić information content (AvgIpc) is 3.21. The zero-order chi connectivity index (χ0) is 26.1. The Morgan fingerprint density at radius 3 is 2.56 bits per heavy atom. The molecular formula is C23H26F3N7O3. The van der Waals surface area contributed by atoms with E-state index in [1.54, 1.807) is 20.8 Å². The van der Waals surface area contributed by atoms with E-state index in [0.717, 1.165) is 4.90 Å². The first-order valence-electron chi connectivity index (χ1n) is 11.3. The summed E-state index contributed by atoms with van der Waals surface area (Å²) >= 11 is 0. The number of pyridine rings is 1. The highest BCUT2D eigenvalue weighted by Gasteiger charge is 2.42. The maximum Gasteiger partial charge on any atom is 0.419 e. The Morgan fingerprint density at radius 1 is 1.17 bits per heavy atom. The lowest BCUT2D eigenvalue weighted by Crippen LogP contribution is -2.51. The molecule has 0 aliphatic carbocycles. The summed E-state index contributed by atoms with van der Waals surface area (Å²) in [6.45, 7) is 5.86. The average molecular weight is 506 g/mol. The van der Waals surface area contributed by atoms with E-state index in [1.807, 2.05) is 0 Å². The molecule has 1 aliphatic heterocycles. The maximum atomic E-state index is 14.3. The van der Waals surface area contributed by atoms with Crippen LogP contribution < -0.4 is 15.5 Å². The Morgan fingerprint density at radius 2 is 1.94 bits per heavy atom. The summed E-state index contributed by atoms with van der Waals surface area (Å²) in [5.74, 6) is -0.685. The highest BCUT2D eigenvalue weighted by Crippen LogP contribution is 2.44. The largest absolute Gasteiger partial charge is 0.443 e. The molecule has 0 bridgehead atoms. The second-order valence-corrected chi connectivity index (χ2v) is 9.34. The number of aromatic amines is 1. The molecule has 0 aromatic carbocycles. The summed E-state index contributed by atoms with van der Waals surface area (Å²) < 4.78 is 48.5. The van der Waals surface area contributed by atoms with Gasteiger partial charge < -0.3 is 20.4 Å².